The van der Waals surface area contributed by atoms with E-state index in [-0.39, 0.29) is 6.04 Å². The van der Waals surface area contributed by atoms with E-state index in [0.29, 0.717) is 6.61 Å². The van der Waals surface area contributed by atoms with Crippen molar-refractivity contribution in [2.75, 3.05) is 0 Å². The smallest absolute Gasteiger partial charge is 0.124 e. The predicted molar refractivity (Wildman–Crippen MR) is 80.4 cm³/mol. The molecule has 1 aromatic heterocycles. The average Bonchev–Trinajstić information content (AvgIpc) is 2.73. The van der Waals surface area contributed by atoms with E-state index in [1.807, 2.05) is 37.3 Å². The van der Waals surface area contributed by atoms with Gasteiger partial charge in [-0.1, -0.05) is 27.5 Å². The normalized spacial score (nSPS) is 12.4. The fraction of sp³-hybridized carbons (Fsp3) is 0.231. The molecule has 0 saturated heterocycles. The van der Waals surface area contributed by atoms with Crippen molar-refractivity contribution in [2.24, 2.45) is 5.73 Å². The molecule has 2 rings (SSSR count). The van der Waals surface area contributed by atoms with Gasteiger partial charge in [0.15, 0.2) is 0 Å². The zero-order chi connectivity index (χ0) is 13.1. The lowest BCUT2D eigenvalue weighted by Crippen LogP contribution is -2.08. The third-order valence-corrected chi connectivity index (χ3v) is 4.16. The molecule has 1 heterocycles. The minimum absolute atomic E-state index is 0.0653. The Labute approximate surface area is 124 Å². The van der Waals surface area contributed by atoms with Crippen molar-refractivity contribution in [1.82, 2.24) is 0 Å². The SMILES string of the molecule is C[C@H](N)c1cc(Br)ccc1OCc1ccc(Cl)s1. The fourth-order valence-corrected chi connectivity index (χ4v) is 2.96. The van der Waals surface area contributed by atoms with Crippen LogP contribution in [-0.4, -0.2) is 0 Å². The van der Waals surface area contributed by atoms with Crippen molar-refractivity contribution in [3.05, 3.63) is 49.6 Å². The molecule has 0 fully saturated rings. The maximum Gasteiger partial charge on any atom is 0.124 e. The van der Waals surface area contributed by atoms with E-state index in [0.717, 1.165) is 25.0 Å². The molecule has 0 saturated carbocycles. The number of thiophene rings is 1. The van der Waals surface area contributed by atoms with E-state index in [1.165, 1.54) is 11.3 Å². The van der Waals surface area contributed by atoms with Crippen LogP contribution in [0.5, 0.6) is 5.75 Å². The quantitative estimate of drug-likeness (QED) is 0.866. The fourth-order valence-electron chi connectivity index (χ4n) is 1.58. The summed E-state index contributed by atoms with van der Waals surface area (Å²) in [7, 11) is 0. The highest BCUT2D eigenvalue weighted by atomic mass is 79.9. The Morgan fingerprint density at radius 1 is 1.39 bits per heavy atom. The molecule has 0 bridgehead atoms. The van der Waals surface area contributed by atoms with Crippen molar-refractivity contribution < 1.29 is 4.74 Å². The van der Waals surface area contributed by atoms with Gasteiger partial charge in [-0.05, 0) is 37.3 Å². The molecule has 18 heavy (non-hydrogen) atoms. The second-order valence-electron chi connectivity index (χ2n) is 3.97. The predicted octanol–water partition coefficient (Wildman–Crippen LogP) is 4.76. The Morgan fingerprint density at radius 2 is 2.17 bits per heavy atom. The Bertz CT molecular complexity index is 542. The molecule has 2 aromatic rings. The molecule has 1 aromatic carbocycles. The van der Waals surface area contributed by atoms with E-state index in [2.05, 4.69) is 15.9 Å². The zero-order valence-corrected chi connectivity index (χ0v) is 13.0. The molecule has 0 amide bonds. The Hall–Kier alpha value is -0.550. The Kier molecular flexibility index (Phi) is 4.67. The third kappa shape index (κ3) is 3.48. The van der Waals surface area contributed by atoms with Gasteiger partial charge in [0.25, 0.3) is 0 Å². The molecule has 2 N–H and O–H groups in total. The van der Waals surface area contributed by atoms with Crippen molar-refractivity contribution >= 4 is 38.9 Å². The highest BCUT2D eigenvalue weighted by Crippen LogP contribution is 2.29. The van der Waals surface area contributed by atoms with Crippen LogP contribution in [0.1, 0.15) is 23.4 Å². The van der Waals surface area contributed by atoms with Gasteiger partial charge < -0.3 is 10.5 Å². The topological polar surface area (TPSA) is 35.2 Å². The summed E-state index contributed by atoms with van der Waals surface area (Å²) in [5, 5.41) is 0. The van der Waals surface area contributed by atoms with Crippen molar-refractivity contribution in [2.45, 2.75) is 19.6 Å². The molecule has 0 aliphatic heterocycles. The minimum Gasteiger partial charge on any atom is -0.488 e. The zero-order valence-electron chi connectivity index (χ0n) is 9.82. The van der Waals surface area contributed by atoms with Crippen molar-refractivity contribution in [3.63, 3.8) is 0 Å². The summed E-state index contributed by atoms with van der Waals surface area (Å²) in [6, 6.07) is 9.64. The highest BCUT2D eigenvalue weighted by Gasteiger charge is 2.09. The van der Waals surface area contributed by atoms with Crippen LogP contribution in [0.4, 0.5) is 0 Å². The summed E-state index contributed by atoms with van der Waals surface area (Å²) in [5.74, 6) is 0.817. The summed E-state index contributed by atoms with van der Waals surface area (Å²) in [6.45, 7) is 2.45. The summed E-state index contributed by atoms with van der Waals surface area (Å²) >= 11 is 10.8. The first-order valence-electron chi connectivity index (χ1n) is 5.48. The third-order valence-electron chi connectivity index (χ3n) is 2.46. The van der Waals surface area contributed by atoms with Crippen LogP contribution in [-0.2, 0) is 6.61 Å². The van der Waals surface area contributed by atoms with Crippen LogP contribution >= 0.6 is 38.9 Å². The van der Waals surface area contributed by atoms with Gasteiger partial charge in [-0.3, -0.25) is 0 Å². The highest BCUT2D eigenvalue weighted by molar-refractivity contribution is 9.10. The first-order valence-corrected chi connectivity index (χ1v) is 7.47. The molecule has 96 valence electrons. The number of halogens is 2. The summed E-state index contributed by atoms with van der Waals surface area (Å²) in [5.41, 5.74) is 6.93. The van der Waals surface area contributed by atoms with Crippen LogP contribution in [0.2, 0.25) is 4.34 Å². The van der Waals surface area contributed by atoms with E-state index in [1.54, 1.807) is 0 Å². The maximum atomic E-state index is 5.94. The van der Waals surface area contributed by atoms with Crippen molar-refractivity contribution in [3.8, 4) is 5.75 Å². The second-order valence-corrected chi connectivity index (χ2v) is 6.68. The van der Waals surface area contributed by atoms with Gasteiger partial charge in [-0.25, -0.2) is 0 Å². The first kappa shape index (κ1) is 13.9. The largest absolute Gasteiger partial charge is 0.488 e. The van der Waals surface area contributed by atoms with Gasteiger partial charge in [0.05, 0.1) is 4.34 Å². The van der Waals surface area contributed by atoms with E-state index < -0.39 is 0 Å². The van der Waals surface area contributed by atoms with E-state index in [4.69, 9.17) is 22.1 Å². The summed E-state index contributed by atoms with van der Waals surface area (Å²) in [6.07, 6.45) is 0. The minimum atomic E-state index is -0.0653. The van der Waals surface area contributed by atoms with Gasteiger partial charge in [0.2, 0.25) is 0 Å². The molecule has 5 heteroatoms. The van der Waals surface area contributed by atoms with Gasteiger partial charge in [0, 0.05) is 21.0 Å². The van der Waals surface area contributed by atoms with Gasteiger partial charge in [0.1, 0.15) is 12.4 Å². The first-order chi connectivity index (χ1) is 8.56. The van der Waals surface area contributed by atoms with Crippen LogP contribution in [0.3, 0.4) is 0 Å². The summed E-state index contributed by atoms with van der Waals surface area (Å²) in [4.78, 5) is 1.10. The lowest BCUT2D eigenvalue weighted by molar-refractivity contribution is 0.305. The molecule has 0 unspecified atom stereocenters. The van der Waals surface area contributed by atoms with Gasteiger partial charge in [-0.2, -0.15) is 0 Å². The van der Waals surface area contributed by atoms with Crippen LogP contribution in [0.15, 0.2) is 34.8 Å². The number of nitrogens with two attached hydrogens (primary N) is 1. The van der Waals surface area contributed by atoms with E-state index in [9.17, 15) is 0 Å². The molecule has 2 nitrogen and oxygen atoms in total. The number of ether oxygens (including phenoxy) is 1. The summed E-state index contributed by atoms with van der Waals surface area (Å²) < 4.78 is 7.58. The molecule has 1 atom stereocenters. The molecule has 0 aliphatic rings. The van der Waals surface area contributed by atoms with Crippen LogP contribution in [0.25, 0.3) is 0 Å². The molecule has 0 radical (unpaired) electrons. The van der Waals surface area contributed by atoms with Gasteiger partial charge >= 0.3 is 0 Å². The van der Waals surface area contributed by atoms with Crippen molar-refractivity contribution in [1.29, 1.82) is 0 Å². The maximum absolute atomic E-state index is 5.94. The Morgan fingerprint density at radius 3 is 2.78 bits per heavy atom. The standard InChI is InChI=1S/C13H13BrClNOS/c1-8(16)11-6-9(14)2-4-12(11)17-7-10-3-5-13(15)18-10/h2-6,8H,7,16H2,1H3/t8-/m0/s1. The van der Waals surface area contributed by atoms with Crippen LogP contribution in [0, 0.1) is 0 Å². The Balaban J connectivity index is 2.13. The molecule has 0 aliphatic carbocycles. The number of benzene rings is 1. The number of hydrogen-bond acceptors (Lipinski definition) is 3. The number of hydrogen-bond donors (Lipinski definition) is 1. The van der Waals surface area contributed by atoms with Crippen LogP contribution < -0.4 is 10.5 Å². The number of rotatable bonds is 4. The van der Waals surface area contributed by atoms with Gasteiger partial charge in [-0.15, -0.1) is 11.3 Å². The lowest BCUT2D eigenvalue weighted by atomic mass is 10.1. The average molecular weight is 347 g/mol. The lowest BCUT2D eigenvalue weighted by Gasteiger charge is -2.14. The van der Waals surface area contributed by atoms with E-state index >= 15 is 0 Å². The molecular weight excluding hydrogens is 334 g/mol. The molecular formula is C13H13BrClNOS. The monoisotopic (exact) mass is 345 g/mol. The second kappa shape index (κ2) is 6.06. The molecule has 0 spiro atoms.